The van der Waals surface area contributed by atoms with Gasteiger partial charge in [0, 0.05) is 37.3 Å². The maximum atomic E-state index is 13.5. The number of rotatable bonds is 10. The van der Waals surface area contributed by atoms with Gasteiger partial charge in [0.2, 0.25) is 5.95 Å². The Labute approximate surface area is 251 Å². The highest BCUT2D eigenvalue weighted by atomic mass is 16.8. The van der Waals surface area contributed by atoms with E-state index < -0.39 is 11.8 Å². The van der Waals surface area contributed by atoms with Crippen LogP contribution in [0.5, 0.6) is 5.75 Å². The largest absolute Gasteiger partial charge is 0.528 e. The molecule has 0 radical (unpaired) electrons. The number of piperazine rings is 1. The Kier molecular flexibility index (Phi) is 9.61. The molecule has 0 unspecified atom stereocenters. The highest BCUT2D eigenvalue weighted by molar-refractivity contribution is 5.77. The van der Waals surface area contributed by atoms with Crippen LogP contribution in [0.2, 0.25) is 0 Å². The molecular formula is C30H41N7O6. The second kappa shape index (κ2) is 13.6. The van der Waals surface area contributed by atoms with Crippen molar-refractivity contribution in [1.82, 2.24) is 24.6 Å². The SMILES string of the molecule is CCOCCOc1cc2cnc(Nc3ccc(N4CCN(OC(=O)OC(C)(C)C)CC4)cn3)nc2n(C2CCCC2)c1=O. The highest BCUT2D eigenvalue weighted by Crippen LogP contribution is 2.31. The fourth-order valence-corrected chi connectivity index (χ4v) is 5.29. The Morgan fingerprint density at radius 3 is 2.49 bits per heavy atom. The molecule has 3 aromatic heterocycles. The number of hydroxylamine groups is 2. The van der Waals surface area contributed by atoms with Crippen LogP contribution in [0.25, 0.3) is 11.0 Å². The zero-order valence-corrected chi connectivity index (χ0v) is 25.4. The molecule has 1 saturated carbocycles. The number of aromatic nitrogens is 4. The number of ether oxygens (including phenoxy) is 3. The molecule has 2 aliphatic rings. The second-order valence-corrected chi connectivity index (χ2v) is 11.6. The monoisotopic (exact) mass is 595 g/mol. The normalized spacial score (nSPS) is 16.4. The minimum atomic E-state index is -0.694. The summed E-state index contributed by atoms with van der Waals surface area (Å²) in [5.41, 5.74) is 0.749. The molecule has 1 aliphatic carbocycles. The first-order chi connectivity index (χ1) is 20.7. The van der Waals surface area contributed by atoms with Crippen LogP contribution in [-0.2, 0) is 14.3 Å². The number of anilines is 3. The molecule has 5 rings (SSSR count). The van der Waals surface area contributed by atoms with Crippen molar-refractivity contribution in [3.05, 3.63) is 40.9 Å². The Hall–Kier alpha value is -3.97. The molecule has 1 N–H and O–H groups in total. The Morgan fingerprint density at radius 1 is 1.05 bits per heavy atom. The lowest BCUT2D eigenvalue weighted by atomic mass is 10.2. The molecule has 1 saturated heterocycles. The van der Waals surface area contributed by atoms with E-state index in [0.29, 0.717) is 63.4 Å². The number of fused-ring (bicyclic) bond motifs is 1. The fourth-order valence-electron chi connectivity index (χ4n) is 5.29. The van der Waals surface area contributed by atoms with Crippen molar-refractivity contribution < 1.29 is 23.8 Å². The summed E-state index contributed by atoms with van der Waals surface area (Å²) < 4.78 is 18.2. The van der Waals surface area contributed by atoms with Gasteiger partial charge >= 0.3 is 6.16 Å². The van der Waals surface area contributed by atoms with Crippen LogP contribution in [0.1, 0.15) is 59.4 Å². The Balaban J connectivity index is 1.25. The van der Waals surface area contributed by atoms with Gasteiger partial charge in [0.25, 0.3) is 5.56 Å². The van der Waals surface area contributed by atoms with E-state index in [1.54, 1.807) is 48.9 Å². The van der Waals surface area contributed by atoms with Crippen LogP contribution in [0.3, 0.4) is 0 Å². The van der Waals surface area contributed by atoms with Gasteiger partial charge in [-0.25, -0.2) is 14.8 Å². The predicted octanol–water partition coefficient (Wildman–Crippen LogP) is 4.45. The average Bonchev–Trinajstić information content (AvgIpc) is 3.50. The maximum Gasteiger partial charge on any atom is 0.528 e. The van der Waals surface area contributed by atoms with Gasteiger partial charge in [0.15, 0.2) is 5.75 Å². The van der Waals surface area contributed by atoms with Gasteiger partial charge in [0.05, 0.1) is 31.6 Å². The van der Waals surface area contributed by atoms with E-state index in [4.69, 9.17) is 24.0 Å². The first-order valence-corrected chi connectivity index (χ1v) is 15.0. The van der Waals surface area contributed by atoms with Crippen LogP contribution in [-0.4, -0.2) is 82.3 Å². The summed E-state index contributed by atoms with van der Waals surface area (Å²) >= 11 is 0. The third-order valence-electron chi connectivity index (χ3n) is 7.30. The summed E-state index contributed by atoms with van der Waals surface area (Å²) in [6, 6.07) is 5.62. The summed E-state index contributed by atoms with van der Waals surface area (Å²) in [7, 11) is 0. The lowest BCUT2D eigenvalue weighted by Gasteiger charge is -2.34. The lowest BCUT2D eigenvalue weighted by Crippen LogP contribution is -2.47. The number of carbonyl (C=O) groups excluding carboxylic acids is 1. The van der Waals surface area contributed by atoms with Gasteiger partial charge in [-0.1, -0.05) is 12.8 Å². The van der Waals surface area contributed by atoms with E-state index in [0.717, 1.165) is 36.8 Å². The van der Waals surface area contributed by atoms with E-state index in [1.807, 2.05) is 19.1 Å². The van der Waals surface area contributed by atoms with Crippen molar-refractivity contribution >= 4 is 34.6 Å². The molecule has 3 aromatic rings. The van der Waals surface area contributed by atoms with Gasteiger partial charge in [-0.3, -0.25) is 9.36 Å². The molecule has 13 heteroatoms. The fraction of sp³-hybridized carbons (Fsp3) is 0.567. The molecule has 0 bridgehead atoms. The van der Waals surface area contributed by atoms with Crippen molar-refractivity contribution in [2.75, 3.05) is 56.2 Å². The average molecular weight is 596 g/mol. The maximum absolute atomic E-state index is 13.5. The van der Waals surface area contributed by atoms with Crippen LogP contribution in [0, 0.1) is 0 Å². The zero-order chi connectivity index (χ0) is 30.4. The molecule has 1 aliphatic heterocycles. The van der Waals surface area contributed by atoms with Gasteiger partial charge in [-0.05, 0) is 58.7 Å². The van der Waals surface area contributed by atoms with Gasteiger partial charge in [-0.2, -0.15) is 4.98 Å². The van der Waals surface area contributed by atoms with E-state index in [1.165, 1.54) is 0 Å². The smallest absolute Gasteiger partial charge is 0.485 e. The van der Waals surface area contributed by atoms with E-state index in [2.05, 4.69) is 20.2 Å². The van der Waals surface area contributed by atoms with E-state index in [9.17, 15) is 9.59 Å². The third-order valence-corrected chi connectivity index (χ3v) is 7.30. The summed E-state index contributed by atoms with van der Waals surface area (Å²) in [6.45, 7) is 11.1. The molecule has 2 fully saturated rings. The van der Waals surface area contributed by atoms with E-state index >= 15 is 0 Å². The van der Waals surface area contributed by atoms with Gasteiger partial charge in [0.1, 0.15) is 23.7 Å². The van der Waals surface area contributed by atoms with Crippen molar-refractivity contribution in [1.29, 1.82) is 0 Å². The highest BCUT2D eigenvalue weighted by Gasteiger charge is 2.25. The first kappa shape index (κ1) is 30.5. The summed E-state index contributed by atoms with van der Waals surface area (Å²) in [5.74, 6) is 1.23. The number of nitrogens with zero attached hydrogens (tertiary/aromatic N) is 6. The number of hydrogen-bond donors (Lipinski definition) is 1. The van der Waals surface area contributed by atoms with Crippen LogP contribution >= 0.6 is 0 Å². The minimum Gasteiger partial charge on any atom is -0.485 e. The number of nitrogens with one attached hydrogen (secondary N) is 1. The van der Waals surface area contributed by atoms with Gasteiger partial charge in [-0.15, -0.1) is 5.06 Å². The molecule has 232 valence electrons. The first-order valence-electron chi connectivity index (χ1n) is 15.0. The standard InChI is InChI=1S/C30H41N7O6/c1-5-40-16-17-41-24-18-21-19-32-28(34-26(21)37(27(24)38)22-8-6-7-9-22)33-25-11-10-23(20-31-25)35-12-14-36(15-13-35)43-29(39)42-30(2,3)4/h10-11,18-20,22H,5-9,12-17H2,1-4H3,(H,31,32,33,34). The molecule has 43 heavy (non-hydrogen) atoms. The molecule has 4 heterocycles. The molecular weight excluding hydrogens is 554 g/mol. The summed E-state index contributed by atoms with van der Waals surface area (Å²) in [5, 5.41) is 5.53. The zero-order valence-electron chi connectivity index (χ0n) is 25.4. The summed E-state index contributed by atoms with van der Waals surface area (Å²) in [4.78, 5) is 46.7. The topological polar surface area (TPSA) is 133 Å². The van der Waals surface area contributed by atoms with Crippen molar-refractivity contribution in [2.45, 2.75) is 65.0 Å². The van der Waals surface area contributed by atoms with Crippen molar-refractivity contribution in [3.8, 4) is 5.75 Å². The number of pyridine rings is 2. The quantitative estimate of drug-likeness (QED) is 0.262. The summed E-state index contributed by atoms with van der Waals surface area (Å²) in [6.07, 6.45) is 6.80. The predicted molar refractivity (Wildman–Crippen MR) is 162 cm³/mol. The second-order valence-electron chi connectivity index (χ2n) is 11.6. The third kappa shape index (κ3) is 7.90. The Morgan fingerprint density at radius 2 is 1.81 bits per heavy atom. The molecule has 13 nitrogen and oxygen atoms in total. The van der Waals surface area contributed by atoms with E-state index in [-0.39, 0.29) is 17.4 Å². The van der Waals surface area contributed by atoms with Gasteiger partial charge < -0.3 is 29.3 Å². The van der Waals surface area contributed by atoms with Crippen LogP contribution in [0.4, 0.5) is 22.2 Å². The van der Waals surface area contributed by atoms with Crippen LogP contribution < -0.4 is 20.5 Å². The number of carbonyl (C=O) groups is 1. The lowest BCUT2D eigenvalue weighted by molar-refractivity contribution is -0.144. The van der Waals surface area contributed by atoms with Crippen LogP contribution in [0.15, 0.2) is 35.4 Å². The molecule has 0 amide bonds. The number of hydrogen-bond acceptors (Lipinski definition) is 12. The minimum absolute atomic E-state index is 0.0700. The Bertz CT molecular complexity index is 1440. The molecule has 0 aromatic carbocycles. The molecule has 0 spiro atoms. The molecule has 0 atom stereocenters. The van der Waals surface area contributed by atoms with Crippen molar-refractivity contribution in [3.63, 3.8) is 0 Å². The van der Waals surface area contributed by atoms with Crippen molar-refractivity contribution in [2.24, 2.45) is 0 Å².